The quantitative estimate of drug-likeness (QED) is 0.594. The topological polar surface area (TPSA) is 36.0 Å². The maximum atomic E-state index is 6.98. The van der Waals surface area contributed by atoms with Crippen molar-refractivity contribution in [3.05, 3.63) is 48.2 Å². The summed E-state index contributed by atoms with van der Waals surface area (Å²) >= 11 is 0. The second-order valence-electron chi connectivity index (χ2n) is 3.36. The van der Waals surface area contributed by atoms with Crippen LogP contribution in [0.5, 0.6) is 5.75 Å². The van der Waals surface area contributed by atoms with Gasteiger partial charge in [0.2, 0.25) is 0 Å². The van der Waals surface area contributed by atoms with Gasteiger partial charge in [-0.3, -0.25) is 0 Å². The van der Waals surface area contributed by atoms with Gasteiger partial charge < -0.3 is 13.9 Å². The molecule has 0 saturated carbocycles. The van der Waals surface area contributed by atoms with Gasteiger partial charge in [0.25, 0.3) is 0 Å². The molecule has 0 saturated heterocycles. The molecule has 1 aromatic carbocycles. The smallest absolute Gasteiger partial charge is 0.190 e. The zero-order chi connectivity index (χ0) is 12.1. The van der Waals surface area contributed by atoms with Crippen LogP contribution in [0.2, 0.25) is 0 Å². The first-order valence-electron chi connectivity index (χ1n) is 5.01. The van der Waals surface area contributed by atoms with Crippen molar-refractivity contribution in [3.63, 3.8) is 0 Å². The number of nitrogens with zero attached hydrogens (tertiary/aromatic N) is 1. The number of benzene rings is 1. The van der Waals surface area contributed by atoms with Crippen LogP contribution in [-0.2, 0) is 4.74 Å². The molecule has 2 aromatic rings. The second kappa shape index (κ2) is 5.19. The lowest BCUT2D eigenvalue weighted by molar-refractivity contribution is 0.0516. The van der Waals surface area contributed by atoms with Gasteiger partial charge in [0.15, 0.2) is 12.5 Å². The Kier molecular flexibility index (Phi) is 3.43. The molecule has 1 heterocycles. The molecule has 0 spiro atoms. The van der Waals surface area contributed by atoms with Gasteiger partial charge in [-0.15, -0.1) is 0 Å². The van der Waals surface area contributed by atoms with E-state index in [0.29, 0.717) is 11.4 Å². The van der Waals surface area contributed by atoms with Crippen molar-refractivity contribution in [3.8, 4) is 16.9 Å². The lowest BCUT2D eigenvalue weighted by Crippen LogP contribution is -1.99. The largest absolute Gasteiger partial charge is 0.472 e. The van der Waals surface area contributed by atoms with Crippen LogP contribution in [0.3, 0.4) is 0 Å². The first-order chi connectivity index (χ1) is 8.35. The van der Waals surface area contributed by atoms with Crippen LogP contribution in [-0.4, -0.2) is 13.9 Å². The average Bonchev–Trinajstić information content (AvgIpc) is 2.89. The summed E-state index contributed by atoms with van der Waals surface area (Å²) in [6.07, 6.45) is 3.23. The lowest BCUT2D eigenvalue weighted by Gasteiger charge is -2.09. The molecule has 0 fully saturated rings. The number of hydrogen-bond acceptors (Lipinski definition) is 3. The Morgan fingerprint density at radius 1 is 1.35 bits per heavy atom. The normalized spacial score (nSPS) is 9.88. The van der Waals surface area contributed by atoms with Gasteiger partial charge in [0.05, 0.1) is 19.1 Å². The summed E-state index contributed by atoms with van der Waals surface area (Å²) < 4.78 is 15.4. The third-order valence-corrected chi connectivity index (χ3v) is 2.26. The molecule has 4 heteroatoms. The molecule has 0 amide bonds. The van der Waals surface area contributed by atoms with E-state index in [1.54, 1.807) is 31.8 Å². The highest BCUT2D eigenvalue weighted by Gasteiger charge is 2.08. The number of hydrogen-bond donors (Lipinski definition) is 0. The van der Waals surface area contributed by atoms with Crippen LogP contribution in [0.25, 0.3) is 16.0 Å². The van der Waals surface area contributed by atoms with E-state index in [0.717, 1.165) is 11.1 Å². The minimum atomic E-state index is 0.145. The van der Waals surface area contributed by atoms with Crippen LogP contribution in [0.4, 0.5) is 5.69 Å². The summed E-state index contributed by atoms with van der Waals surface area (Å²) in [6.45, 7) is 7.13. The van der Waals surface area contributed by atoms with Gasteiger partial charge in [-0.05, 0) is 12.1 Å². The maximum absolute atomic E-state index is 6.98. The summed E-state index contributed by atoms with van der Waals surface area (Å²) in [7, 11) is 1.55. The number of ether oxygens (including phenoxy) is 2. The van der Waals surface area contributed by atoms with Crippen LogP contribution in [0.1, 0.15) is 0 Å². The van der Waals surface area contributed by atoms with Crippen molar-refractivity contribution in [2.75, 3.05) is 13.9 Å². The zero-order valence-corrected chi connectivity index (χ0v) is 9.34. The third-order valence-electron chi connectivity index (χ3n) is 2.26. The molecule has 0 radical (unpaired) electrons. The van der Waals surface area contributed by atoms with Crippen LogP contribution in [0, 0.1) is 6.57 Å². The Morgan fingerprint density at radius 2 is 2.24 bits per heavy atom. The van der Waals surface area contributed by atoms with E-state index in [-0.39, 0.29) is 6.79 Å². The van der Waals surface area contributed by atoms with Crippen LogP contribution in [0.15, 0.2) is 41.2 Å². The van der Waals surface area contributed by atoms with Gasteiger partial charge in [-0.25, -0.2) is 4.85 Å². The molecule has 0 aliphatic heterocycles. The van der Waals surface area contributed by atoms with E-state index in [4.69, 9.17) is 20.5 Å². The Bertz CT molecular complexity index is 526. The molecule has 0 unspecified atom stereocenters. The van der Waals surface area contributed by atoms with Crippen molar-refractivity contribution in [2.45, 2.75) is 0 Å². The number of furan rings is 1. The van der Waals surface area contributed by atoms with E-state index in [1.807, 2.05) is 12.1 Å². The van der Waals surface area contributed by atoms with E-state index in [2.05, 4.69) is 4.85 Å². The third kappa shape index (κ3) is 2.47. The van der Waals surface area contributed by atoms with Crippen LogP contribution >= 0.6 is 0 Å². The summed E-state index contributed by atoms with van der Waals surface area (Å²) in [5, 5.41) is 0. The number of methoxy groups -OCH3 is 1. The van der Waals surface area contributed by atoms with E-state index in [1.165, 1.54) is 0 Å². The predicted molar refractivity (Wildman–Crippen MR) is 62.9 cm³/mol. The molecule has 0 aliphatic rings. The van der Waals surface area contributed by atoms with Crippen molar-refractivity contribution < 1.29 is 13.9 Å². The molecule has 0 N–H and O–H groups in total. The molecule has 2 rings (SSSR count). The van der Waals surface area contributed by atoms with E-state index < -0.39 is 0 Å². The summed E-state index contributed by atoms with van der Waals surface area (Å²) in [5.41, 5.74) is 2.32. The van der Waals surface area contributed by atoms with E-state index in [9.17, 15) is 0 Å². The fourth-order valence-corrected chi connectivity index (χ4v) is 1.48. The molecular weight excluding hydrogens is 218 g/mol. The maximum Gasteiger partial charge on any atom is 0.190 e. The molecule has 0 atom stereocenters. The van der Waals surface area contributed by atoms with Crippen molar-refractivity contribution in [1.82, 2.24) is 0 Å². The molecule has 4 nitrogen and oxygen atoms in total. The van der Waals surface area contributed by atoms with Gasteiger partial charge in [-0.2, -0.15) is 0 Å². The summed E-state index contributed by atoms with van der Waals surface area (Å²) in [4.78, 5) is 3.37. The number of rotatable bonds is 4. The molecule has 17 heavy (non-hydrogen) atoms. The highest BCUT2D eigenvalue weighted by atomic mass is 16.7. The van der Waals surface area contributed by atoms with Gasteiger partial charge >= 0.3 is 0 Å². The zero-order valence-electron chi connectivity index (χ0n) is 9.34. The second-order valence-corrected chi connectivity index (χ2v) is 3.36. The summed E-state index contributed by atoms with van der Waals surface area (Å²) in [5.74, 6) is 0.613. The summed E-state index contributed by atoms with van der Waals surface area (Å²) in [6, 6.07) is 7.11. The highest BCUT2D eigenvalue weighted by molar-refractivity contribution is 5.72. The van der Waals surface area contributed by atoms with Crippen molar-refractivity contribution >= 4 is 5.69 Å². The molecule has 0 bridgehead atoms. The molecule has 0 aliphatic carbocycles. The monoisotopic (exact) mass is 229 g/mol. The fraction of sp³-hybridized carbons (Fsp3) is 0.154. The molecular formula is C13H11NO3. The average molecular weight is 229 g/mol. The van der Waals surface area contributed by atoms with Crippen molar-refractivity contribution in [2.24, 2.45) is 0 Å². The highest BCUT2D eigenvalue weighted by Crippen LogP contribution is 2.33. The SMILES string of the molecule is [C-]#[N+]c1ccc(-c2ccoc2)c(OCOC)c1. The Morgan fingerprint density at radius 3 is 2.88 bits per heavy atom. The Balaban J connectivity index is 2.40. The molecule has 1 aromatic heterocycles. The van der Waals surface area contributed by atoms with Gasteiger partial charge in [-0.1, -0.05) is 12.1 Å². The van der Waals surface area contributed by atoms with Crippen LogP contribution < -0.4 is 4.74 Å². The first-order valence-corrected chi connectivity index (χ1v) is 5.01. The van der Waals surface area contributed by atoms with E-state index >= 15 is 0 Å². The fourth-order valence-electron chi connectivity index (χ4n) is 1.48. The van der Waals surface area contributed by atoms with Crippen molar-refractivity contribution in [1.29, 1.82) is 0 Å². The molecule has 86 valence electrons. The van der Waals surface area contributed by atoms with Gasteiger partial charge in [0, 0.05) is 18.2 Å². The lowest BCUT2D eigenvalue weighted by atomic mass is 10.1. The minimum absolute atomic E-state index is 0.145. The van der Waals surface area contributed by atoms with Gasteiger partial charge in [0.1, 0.15) is 5.75 Å². The first kappa shape index (κ1) is 11.2. The minimum Gasteiger partial charge on any atom is -0.472 e. The predicted octanol–water partition coefficient (Wildman–Crippen LogP) is 3.48. The Labute approximate surface area is 99.2 Å². The Hall–Kier alpha value is -2.25. The standard InChI is InChI=1S/C13H11NO3/c1-14-11-3-4-12(10-5-6-16-8-10)13(7-11)17-9-15-2/h3-8H,9H2,2H3.